The normalized spacial score (nSPS) is 10.7. The van der Waals surface area contributed by atoms with Gasteiger partial charge >= 0.3 is 0 Å². The smallest absolute Gasteiger partial charge is 0.144 e. The lowest BCUT2D eigenvalue weighted by atomic mass is 10.1. The fourth-order valence-corrected chi connectivity index (χ4v) is 1.10. The second-order valence-corrected chi connectivity index (χ2v) is 4.05. The Hall–Kier alpha value is -1.36. The first-order valence-corrected chi connectivity index (χ1v) is 5.57. The molecule has 1 rings (SSSR count). The standard InChI is InChI=1S/C11H20N4O/c1-9(2)3-5-16-6-4-13-11-8-14-10(12)7-15-11/h7-9H,3-6H2,1-2H3,(H2,12,14)(H,13,15). The summed E-state index contributed by atoms with van der Waals surface area (Å²) in [4.78, 5) is 8.00. The minimum Gasteiger partial charge on any atom is -0.382 e. The van der Waals surface area contributed by atoms with Crippen molar-refractivity contribution in [3.8, 4) is 0 Å². The first kappa shape index (κ1) is 12.7. The van der Waals surface area contributed by atoms with Gasteiger partial charge in [0.2, 0.25) is 0 Å². The molecule has 16 heavy (non-hydrogen) atoms. The van der Waals surface area contributed by atoms with Crippen LogP contribution in [0.25, 0.3) is 0 Å². The highest BCUT2D eigenvalue weighted by Crippen LogP contribution is 2.01. The molecule has 0 fully saturated rings. The van der Waals surface area contributed by atoms with Gasteiger partial charge in [0, 0.05) is 13.2 Å². The van der Waals surface area contributed by atoms with Crippen LogP contribution in [0.15, 0.2) is 12.4 Å². The summed E-state index contributed by atoms with van der Waals surface area (Å²) in [6.07, 6.45) is 4.24. The molecule has 0 amide bonds. The zero-order chi connectivity index (χ0) is 11.8. The Morgan fingerprint density at radius 2 is 2.12 bits per heavy atom. The summed E-state index contributed by atoms with van der Waals surface area (Å²) in [6.45, 7) is 6.60. The number of rotatable bonds is 7. The maximum Gasteiger partial charge on any atom is 0.144 e. The third kappa shape index (κ3) is 5.50. The highest BCUT2D eigenvalue weighted by atomic mass is 16.5. The Morgan fingerprint density at radius 1 is 1.31 bits per heavy atom. The summed E-state index contributed by atoms with van der Waals surface area (Å²) in [7, 11) is 0. The lowest BCUT2D eigenvalue weighted by Gasteiger charge is -2.07. The van der Waals surface area contributed by atoms with E-state index in [0.29, 0.717) is 18.3 Å². The Morgan fingerprint density at radius 3 is 2.75 bits per heavy atom. The molecule has 0 saturated carbocycles. The third-order valence-corrected chi connectivity index (χ3v) is 2.06. The van der Waals surface area contributed by atoms with Crippen LogP contribution in [0.4, 0.5) is 11.6 Å². The summed E-state index contributed by atoms with van der Waals surface area (Å²) < 4.78 is 5.45. The Kier molecular flexibility index (Phi) is 5.56. The molecule has 1 aromatic rings. The van der Waals surface area contributed by atoms with Crippen LogP contribution in [0.3, 0.4) is 0 Å². The quantitative estimate of drug-likeness (QED) is 0.687. The van der Waals surface area contributed by atoms with Crippen molar-refractivity contribution in [2.75, 3.05) is 30.8 Å². The summed E-state index contributed by atoms with van der Waals surface area (Å²) in [6, 6.07) is 0. The van der Waals surface area contributed by atoms with E-state index in [1.807, 2.05) is 0 Å². The fraction of sp³-hybridized carbons (Fsp3) is 0.636. The summed E-state index contributed by atoms with van der Waals surface area (Å²) in [5, 5.41) is 3.11. The predicted molar refractivity (Wildman–Crippen MR) is 65.2 cm³/mol. The molecule has 0 aliphatic heterocycles. The van der Waals surface area contributed by atoms with Crippen molar-refractivity contribution in [1.82, 2.24) is 9.97 Å². The van der Waals surface area contributed by atoms with Crippen molar-refractivity contribution in [3.05, 3.63) is 12.4 Å². The molecule has 0 spiro atoms. The predicted octanol–water partition coefficient (Wildman–Crippen LogP) is 1.53. The topological polar surface area (TPSA) is 73.1 Å². The van der Waals surface area contributed by atoms with Crippen molar-refractivity contribution in [3.63, 3.8) is 0 Å². The van der Waals surface area contributed by atoms with E-state index in [1.165, 1.54) is 6.20 Å². The van der Waals surface area contributed by atoms with E-state index in [-0.39, 0.29) is 0 Å². The van der Waals surface area contributed by atoms with Gasteiger partial charge in [0.25, 0.3) is 0 Å². The summed E-state index contributed by atoms with van der Waals surface area (Å²) >= 11 is 0. The van der Waals surface area contributed by atoms with Crippen molar-refractivity contribution in [2.24, 2.45) is 5.92 Å². The van der Waals surface area contributed by atoms with E-state index in [0.717, 1.165) is 25.4 Å². The zero-order valence-corrected chi connectivity index (χ0v) is 9.94. The van der Waals surface area contributed by atoms with Crippen LogP contribution in [0.1, 0.15) is 20.3 Å². The van der Waals surface area contributed by atoms with E-state index in [2.05, 4.69) is 29.1 Å². The van der Waals surface area contributed by atoms with Crippen molar-refractivity contribution in [2.45, 2.75) is 20.3 Å². The minimum absolute atomic E-state index is 0.429. The molecule has 0 aliphatic rings. The molecule has 5 heteroatoms. The van der Waals surface area contributed by atoms with E-state index in [9.17, 15) is 0 Å². The largest absolute Gasteiger partial charge is 0.382 e. The van der Waals surface area contributed by atoms with Crippen LogP contribution in [-0.4, -0.2) is 29.7 Å². The molecule has 0 aromatic carbocycles. The number of ether oxygens (including phenoxy) is 1. The molecule has 0 aliphatic carbocycles. The van der Waals surface area contributed by atoms with Crippen molar-refractivity contribution in [1.29, 1.82) is 0 Å². The van der Waals surface area contributed by atoms with Gasteiger partial charge in [0.05, 0.1) is 19.0 Å². The number of hydrogen-bond donors (Lipinski definition) is 2. The molecule has 5 nitrogen and oxygen atoms in total. The molecular formula is C11H20N4O. The Balaban J connectivity index is 2.05. The molecule has 0 atom stereocenters. The van der Waals surface area contributed by atoms with Crippen LogP contribution < -0.4 is 11.1 Å². The SMILES string of the molecule is CC(C)CCOCCNc1cnc(N)cn1. The van der Waals surface area contributed by atoms with Crippen LogP contribution >= 0.6 is 0 Å². The lowest BCUT2D eigenvalue weighted by Crippen LogP contribution is -2.12. The van der Waals surface area contributed by atoms with Gasteiger partial charge in [-0.05, 0) is 12.3 Å². The molecule has 0 unspecified atom stereocenters. The van der Waals surface area contributed by atoms with Crippen molar-refractivity contribution < 1.29 is 4.74 Å². The van der Waals surface area contributed by atoms with Gasteiger partial charge in [0.1, 0.15) is 11.6 Å². The van der Waals surface area contributed by atoms with Gasteiger partial charge in [-0.1, -0.05) is 13.8 Å². The van der Waals surface area contributed by atoms with Gasteiger partial charge < -0.3 is 15.8 Å². The molecule has 0 radical (unpaired) electrons. The Bertz CT molecular complexity index is 287. The van der Waals surface area contributed by atoms with Gasteiger partial charge in [-0.3, -0.25) is 0 Å². The first-order chi connectivity index (χ1) is 7.68. The number of nitrogen functional groups attached to an aromatic ring is 1. The number of anilines is 2. The second kappa shape index (κ2) is 7.00. The summed E-state index contributed by atoms with van der Waals surface area (Å²) in [5.74, 6) is 1.84. The average molecular weight is 224 g/mol. The molecular weight excluding hydrogens is 204 g/mol. The second-order valence-electron chi connectivity index (χ2n) is 4.05. The number of nitrogens with one attached hydrogen (secondary N) is 1. The average Bonchev–Trinajstić information content (AvgIpc) is 2.25. The zero-order valence-electron chi connectivity index (χ0n) is 9.94. The van der Waals surface area contributed by atoms with E-state index in [1.54, 1.807) is 6.20 Å². The van der Waals surface area contributed by atoms with Gasteiger partial charge in [0.15, 0.2) is 0 Å². The number of hydrogen-bond acceptors (Lipinski definition) is 5. The first-order valence-electron chi connectivity index (χ1n) is 5.57. The summed E-state index contributed by atoms with van der Waals surface area (Å²) in [5.41, 5.74) is 5.42. The monoisotopic (exact) mass is 224 g/mol. The number of nitrogens with two attached hydrogens (primary N) is 1. The molecule has 1 aromatic heterocycles. The molecule has 3 N–H and O–H groups in total. The lowest BCUT2D eigenvalue weighted by molar-refractivity contribution is 0.132. The van der Waals surface area contributed by atoms with E-state index < -0.39 is 0 Å². The van der Waals surface area contributed by atoms with Gasteiger partial charge in [-0.15, -0.1) is 0 Å². The van der Waals surface area contributed by atoms with Gasteiger partial charge in [-0.2, -0.15) is 0 Å². The fourth-order valence-electron chi connectivity index (χ4n) is 1.10. The van der Waals surface area contributed by atoms with Crippen LogP contribution in [0.2, 0.25) is 0 Å². The molecule has 0 saturated heterocycles. The Labute approximate surface area is 96.4 Å². The van der Waals surface area contributed by atoms with Crippen molar-refractivity contribution >= 4 is 11.6 Å². The van der Waals surface area contributed by atoms with E-state index >= 15 is 0 Å². The van der Waals surface area contributed by atoms with Crippen LogP contribution in [0.5, 0.6) is 0 Å². The molecule has 0 bridgehead atoms. The maximum atomic E-state index is 5.45. The molecule has 90 valence electrons. The van der Waals surface area contributed by atoms with Gasteiger partial charge in [-0.25, -0.2) is 9.97 Å². The number of nitrogens with zero attached hydrogens (tertiary/aromatic N) is 2. The third-order valence-electron chi connectivity index (χ3n) is 2.06. The van der Waals surface area contributed by atoms with E-state index in [4.69, 9.17) is 10.5 Å². The highest BCUT2D eigenvalue weighted by Gasteiger charge is 1.95. The number of aromatic nitrogens is 2. The molecule has 1 heterocycles. The maximum absolute atomic E-state index is 5.45. The minimum atomic E-state index is 0.429. The van der Waals surface area contributed by atoms with Crippen LogP contribution in [0, 0.1) is 5.92 Å². The van der Waals surface area contributed by atoms with Crippen LogP contribution in [-0.2, 0) is 4.74 Å². The highest BCUT2D eigenvalue weighted by molar-refractivity contribution is 5.35.